The zero-order chi connectivity index (χ0) is 30.1. The standard InChI is InChI=1S/C32H55N3O4/c1-13-14-24(8)33-29(36)28(26-19-22(6)16-17-23(26)7)35(25(9)18-15-20(2)3)30(37)27(21(4)5)34-31(38)39-32(10,11)12/h16-17,19-21,24-25,27-28H,13-15,18H2,1-12H3,(H,33,36)(H,34,38). The number of carbonyl (C=O) groups excluding carboxylic acids is 3. The molecule has 222 valence electrons. The van der Waals surface area contributed by atoms with Crippen LogP contribution < -0.4 is 10.6 Å². The molecule has 1 aromatic carbocycles. The Labute approximate surface area is 237 Å². The average Bonchev–Trinajstić information content (AvgIpc) is 2.79. The first-order chi connectivity index (χ1) is 18.0. The monoisotopic (exact) mass is 545 g/mol. The van der Waals surface area contributed by atoms with Crippen molar-refractivity contribution < 1.29 is 19.1 Å². The first-order valence-corrected chi connectivity index (χ1v) is 14.7. The first-order valence-electron chi connectivity index (χ1n) is 14.7. The maximum Gasteiger partial charge on any atom is 0.408 e. The van der Waals surface area contributed by atoms with Crippen LogP contribution in [0.1, 0.15) is 118 Å². The van der Waals surface area contributed by atoms with E-state index >= 15 is 0 Å². The minimum Gasteiger partial charge on any atom is -0.444 e. The quantitative estimate of drug-likeness (QED) is 0.284. The maximum atomic E-state index is 14.5. The van der Waals surface area contributed by atoms with Gasteiger partial charge in [0.15, 0.2) is 0 Å². The highest BCUT2D eigenvalue weighted by molar-refractivity contribution is 5.92. The molecule has 0 bridgehead atoms. The molecule has 4 atom stereocenters. The molecule has 0 fully saturated rings. The van der Waals surface area contributed by atoms with Crippen LogP contribution in [0.2, 0.25) is 0 Å². The molecule has 2 N–H and O–H groups in total. The second kappa shape index (κ2) is 15.3. The van der Waals surface area contributed by atoms with Crippen LogP contribution in [0.3, 0.4) is 0 Å². The molecule has 0 aromatic heterocycles. The molecule has 0 aliphatic carbocycles. The molecule has 0 heterocycles. The third-order valence-corrected chi connectivity index (χ3v) is 6.86. The van der Waals surface area contributed by atoms with E-state index < -0.39 is 23.8 Å². The van der Waals surface area contributed by atoms with Gasteiger partial charge in [0.1, 0.15) is 17.7 Å². The normalized spacial score (nSPS) is 14.9. The summed E-state index contributed by atoms with van der Waals surface area (Å²) in [7, 11) is 0. The van der Waals surface area contributed by atoms with Crippen LogP contribution in [0, 0.1) is 25.7 Å². The Hall–Kier alpha value is -2.57. The summed E-state index contributed by atoms with van der Waals surface area (Å²) in [6.45, 7) is 23.5. The second-order valence-corrected chi connectivity index (χ2v) is 12.9. The number of hydrogen-bond acceptors (Lipinski definition) is 4. The van der Waals surface area contributed by atoms with Crippen molar-refractivity contribution in [2.24, 2.45) is 11.8 Å². The predicted molar refractivity (Wildman–Crippen MR) is 160 cm³/mol. The molecule has 0 spiro atoms. The van der Waals surface area contributed by atoms with Crippen LogP contribution in [-0.4, -0.2) is 46.5 Å². The van der Waals surface area contributed by atoms with Gasteiger partial charge in [0.2, 0.25) is 11.8 Å². The highest BCUT2D eigenvalue weighted by Gasteiger charge is 2.40. The van der Waals surface area contributed by atoms with E-state index in [0.29, 0.717) is 5.92 Å². The minimum atomic E-state index is -0.852. The Kier molecular flexibility index (Phi) is 13.5. The van der Waals surface area contributed by atoms with Crippen LogP contribution in [0.25, 0.3) is 0 Å². The Bertz CT molecular complexity index is 951. The van der Waals surface area contributed by atoms with Crippen molar-refractivity contribution in [1.29, 1.82) is 0 Å². The van der Waals surface area contributed by atoms with Gasteiger partial charge < -0.3 is 20.3 Å². The van der Waals surface area contributed by atoms with E-state index in [0.717, 1.165) is 42.4 Å². The summed E-state index contributed by atoms with van der Waals surface area (Å²) in [4.78, 5) is 43.1. The van der Waals surface area contributed by atoms with Gasteiger partial charge >= 0.3 is 6.09 Å². The number of alkyl carbamates (subject to hydrolysis) is 1. The number of rotatable bonds is 13. The summed E-state index contributed by atoms with van der Waals surface area (Å²) in [5.41, 5.74) is 2.07. The van der Waals surface area contributed by atoms with Crippen molar-refractivity contribution in [3.05, 3.63) is 34.9 Å². The maximum absolute atomic E-state index is 14.5. The molecular formula is C32H55N3O4. The third-order valence-electron chi connectivity index (χ3n) is 6.86. The van der Waals surface area contributed by atoms with E-state index in [2.05, 4.69) is 31.4 Å². The number of carbonyl (C=O) groups is 3. The van der Waals surface area contributed by atoms with Gasteiger partial charge in [-0.25, -0.2) is 4.79 Å². The summed E-state index contributed by atoms with van der Waals surface area (Å²) in [5.74, 6) is -0.251. The van der Waals surface area contributed by atoms with Crippen LogP contribution in [0.5, 0.6) is 0 Å². The molecule has 7 heteroatoms. The number of nitrogens with zero attached hydrogens (tertiary/aromatic N) is 1. The van der Waals surface area contributed by atoms with Gasteiger partial charge in [-0.1, -0.05) is 64.8 Å². The number of aryl methyl sites for hydroxylation is 2. The molecule has 0 radical (unpaired) electrons. The number of amides is 3. The molecular weight excluding hydrogens is 490 g/mol. The zero-order valence-electron chi connectivity index (χ0n) is 26.6. The van der Waals surface area contributed by atoms with Gasteiger partial charge in [-0.3, -0.25) is 9.59 Å². The Balaban J connectivity index is 3.70. The summed E-state index contributed by atoms with van der Waals surface area (Å²) in [5, 5.41) is 6.00. The molecule has 0 saturated carbocycles. The largest absolute Gasteiger partial charge is 0.444 e. The van der Waals surface area contributed by atoms with Gasteiger partial charge in [-0.2, -0.15) is 0 Å². The lowest BCUT2D eigenvalue weighted by Crippen LogP contribution is -2.57. The van der Waals surface area contributed by atoms with Gasteiger partial charge in [0.05, 0.1) is 0 Å². The molecule has 1 aromatic rings. The van der Waals surface area contributed by atoms with E-state index in [4.69, 9.17) is 4.74 Å². The molecule has 7 nitrogen and oxygen atoms in total. The Morgan fingerprint density at radius 1 is 0.923 bits per heavy atom. The lowest BCUT2D eigenvalue weighted by Gasteiger charge is -2.40. The lowest BCUT2D eigenvalue weighted by atomic mass is 9.92. The van der Waals surface area contributed by atoms with E-state index in [9.17, 15) is 14.4 Å². The number of ether oxygens (including phenoxy) is 1. The van der Waals surface area contributed by atoms with Crippen LogP contribution in [0.15, 0.2) is 18.2 Å². The number of nitrogens with one attached hydrogen (secondary N) is 2. The molecule has 0 saturated heterocycles. The van der Waals surface area contributed by atoms with Crippen LogP contribution >= 0.6 is 0 Å². The van der Waals surface area contributed by atoms with Crippen molar-refractivity contribution in [3.63, 3.8) is 0 Å². The molecule has 4 unspecified atom stereocenters. The van der Waals surface area contributed by atoms with Crippen molar-refractivity contribution in [1.82, 2.24) is 15.5 Å². The highest BCUT2D eigenvalue weighted by Crippen LogP contribution is 2.31. The fourth-order valence-corrected chi connectivity index (χ4v) is 4.72. The van der Waals surface area contributed by atoms with E-state index in [1.807, 2.05) is 59.7 Å². The first kappa shape index (κ1) is 34.5. The van der Waals surface area contributed by atoms with Crippen molar-refractivity contribution in [3.8, 4) is 0 Å². The van der Waals surface area contributed by atoms with Gasteiger partial charge in [0.25, 0.3) is 0 Å². The third kappa shape index (κ3) is 11.2. The smallest absolute Gasteiger partial charge is 0.408 e. The van der Waals surface area contributed by atoms with Gasteiger partial charge in [-0.05, 0) is 90.7 Å². The lowest BCUT2D eigenvalue weighted by molar-refractivity contribution is -0.146. The average molecular weight is 546 g/mol. The van der Waals surface area contributed by atoms with Gasteiger partial charge in [-0.15, -0.1) is 0 Å². The Morgan fingerprint density at radius 3 is 2.05 bits per heavy atom. The van der Waals surface area contributed by atoms with Crippen LogP contribution in [-0.2, 0) is 14.3 Å². The van der Waals surface area contributed by atoms with Crippen molar-refractivity contribution in [2.75, 3.05) is 0 Å². The van der Waals surface area contributed by atoms with E-state index in [1.54, 1.807) is 25.7 Å². The Morgan fingerprint density at radius 2 is 1.54 bits per heavy atom. The summed E-state index contributed by atoms with van der Waals surface area (Å²) in [6, 6.07) is 4.07. The van der Waals surface area contributed by atoms with Crippen molar-refractivity contribution in [2.45, 2.75) is 139 Å². The van der Waals surface area contributed by atoms with E-state index in [-0.39, 0.29) is 29.8 Å². The fourth-order valence-electron chi connectivity index (χ4n) is 4.72. The minimum absolute atomic E-state index is 0.0289. The van der Waals surface area contributed by atoms with Crippen LogP contribution in [0.4, 0.5) is 4.79 Å². The molecule has 0 aliphatic rings. The molecule has 39 heavy (non-hydrogen) atoms. The molecule has 0 aliphatic heterocycles. The SMILES string of the molecule is CCCC(C)NC(=O)C(c1cc(C)ccc1C)N(C(=O)C(NC(=O)OC(C)(C)C)C(C)C)C(C)CCC(C)C. The predicted octanol–water partition coefficient (Wildman–Crippen LogP) is 6.85. The molecule has 1 rings (SSSR count). The van der Waals surface area contributed by atoms with Crippen molar-refractivity contribution >= 4 is 17.9 Å². The number of hydrogen-bond donors (Lipinski definition) is 2. The number of benzene rings is 1. The summed E-state index contributed by atoms with van der Waals surface area (Å²) in [6.07, 6.45) is 2.78. The second-order valence-electron chi connectivity index (χ2n) is 12.9. The topological polar surface area (TPSA) is 87.7 Å². The highest BCUT2D eigenvalue weighted by atomic mass is 16.6. The molecule has 3 amide bonds. The summed E-state index contributed by atoms with van der Waals surface area (Å²) < 4.78 is 5.49. The zero-order valence-corrected chi connectivity index (χ0v) is 26.6. The van der Waals surface area contributed by atoms with E-state index in [1.165, 1.54) is 0 Å². The fraction of sp³-hybridized carbons (Fsp3) is 0.719. The summed E-state index contributed by atoms with van der Waals surface area (Å²) >= 11 is 0. The van der Waals surface area contributed by atoms with Gasteiger partial charge in [0, 0.05) is 12.1 Å².